The molecule has 0 atom stereocenters. The number of nitrogens with one attached hydrogen (secondary N) is 1. The molecule has 6 nitrogen and oxygen atoms in total. The van der Waals surface area contributed by atoms with Crippen LogP contribution < -0.4 is 5.32 Å². The van der Waals surface area contributed by atoms with Gasteiger partial charge in [-0.15, -0.1) is 32.9 Å². The summed E-state index contributed by atoms with van der Waals surface area (Å²) in [5.74, 6) is 0.708. The Balaban J connectivity index is 1.31. The SMILES string of the molecule is O=C(Cc1csc(-c2cccnc2)n1)Nc1nnc(SCc2cccs2)s1. The first kappa shape index (κ1) is 18.2. The van der Waals surface area contributed by atoms with E-state index in [0.717, 1.165) is 26.4 Å². The lowest BCUT2D eigenvalue weighted by Gasteiger charge is -1.98. The second kappa shape index (κ2) is 8.70. The van der Waals surface area contributed by atoms with E-state index >= 15 is 0 Å². The topological polar surface area (TPSA) is 80.7 Å². The highest BCUT2D eigenvalue weighted by Gasteiger charge is 2.12. The summed E-state index contributed by atoms with van der Waals surface area (Å²) in [6, 6.07) is 7.94. The summed E-state index contributed by atoms with van der Waals surface area (Å²) in [4.78, 5) is 22.1. The lowest BCUT2D eigenvalue weighted by atomic mass is 10.3. The van der Waals surface area contributed by atoms with E-state index in [1.54, 1.807) is 35.5 Å². The van der Waals surface area contributed by atoms with Crippen molar-refractivity contribution in [2.75, 3.05) is 5.32 Å². The Bertz CT molecular complexity index is 1010. The molecule has 0 saturated carbocycles. The van der Waals surface area contributed by atoms with E-state index in [9.17, 15) is 4.79 Å². The number of rotatable bonds is 7. The zero-order valence-corrected chi connectivity index (χ0v) is 17.1. The number of thioether (sulfide) groups is 1. The fourth-order valence-corrected chi connectivity index (χ4v) is 5.54. The van der Waals surface area contributed by atoms with Gasteiger partial charge in [0.05, 0.1) is 12.1 Å². The molecule has 4 heterocycles. The van der Waals surface area contributed by atoms with E-state index in [-0.39, 0.29) is 12.3 Å². The minimum Gasteiger partial charge on any atom is -0.300 e. The van der Waals surface area contributed by atoms with E-state index < -0.39 is 0 Å². The Morgan fingerprint density at radius 3 is 2.96 bits per heavy atom. The van der Waals surface area contributed by atoms with Gasteiger partial charge in [-0.1, -0.05) is 29.2 Å². The number of carbonyl (C=O) groups excluding carboxylic acids is 1. The molecule has 0 radical (unpaired) electrons. The van der Waals surface area contributed by atoms with E-state index in [1.807, 2.05) is 23.6 Å². The van der Waals surface area contributed by atoms with Gasteiger partial charge in [-0.05, 0) is 23.6 Å². The van der Waals surface area contributed by atoms with Gasteiger partial charge in [-0.3, -0.25) is 9.78 Å². The molecule has 1 amide bonds. The molecule has 0 fully saturated rings. The number of thiophene rings is 1. The van der Waals surface area contributed by atoms with Crippen LogP contribution in [0.4, 0.5) is 5.13 Å². The third-order valence-electron chi connectivity index (χ3n) is 3.37. The number of nitrogens with zero attached hydrogens (tertiary/aromatic N) is 4. The molecule has 4 rings (SSSR count). The summed E-state index contributed by atoms with van der Waals surface area (Å²) in [5, 5.41) is 16.3. The number of hydrogen-bond acceptors (Lipinski definition) is 9. The van der Waals surface area contributed by atoms with Gasteiger partial charge in [0.25, 0.3) is 0 Å². The highest BCUT2D eigenvalue weighted by atomic mass is 32.2. The molecule has 1 N–H and O–H groups in total. The Morgan fingerprint density at radius 1 is 1.19 bits per heavy atom. The van der Waals surface area contributed by atoms with Crippen LogP contribution in [-0.4, -0.2) is 26.1 Å². The number of amides is 1. The highest BCUT2D eigenvalue weighted by Crippen LogP contribution is 2.29. The van der Waals surface area contributed by atoms with Crippen LogP contribution in [0.2, 0.25) is 0 Å². The number of hydrogen-bond donors (Lipinski definition) is 1. The second-order valence-corrected chi connectivity index (χ2v) is 9.44. The maximum absolute atomic E-state index is 12.3. The summed E-state index contributed by atoms with van der Waals surface area (Å²) in [6.45, 7) is 0. The number of anilines is 1. The van der Waals surface area contributed by atoms with Crippen molar-refractivity contribution in [3.63, 3.8) is 0 Å². The van der Waals surface area contributed by atoms with Crippen LogP contribution in [0.15, 0.2) is 51.8 Å². The molecule has 0 bridgehead atoms. The average molecular weight is 432 g/mol. The number of carbonyl (C=O) groups is 1. The molecule has 0 aromatic carbocycles. The summed E-state index contributed by atoms with van der Waals surface area (Å²) in [6.07, 6.45) is 3.69. The first-order valence-electron chi connectivity index (χ1n) is 7.89. The van der Waals surface area contributed by atoms with Gasteiger partial charge in [0, 0.05) is 34.0 Å². The molecule has 4 aromatic rings. The standard InChI is InChI=1S/C17H13N5OS4/c23-14(7-12-9-25-15(19-12)11-3-1-5-18-8-11)20-16-21-22-17(27-16)26-10-13-4-2-6-24-13/h1-6,8-9H,7,10H2,(H,20,21,23). The third kappa shape index (κ3) is 4.98. The van der Waals surface area contributed by atoms with Crippen LogP contribution in [0.25, 0.3) is 10.6 Å². The van der Waals surface area contributed by atoms with Gasteiger partial charge in [0.2, 0.25) is 11.0 Å². The summed E-state index contributed by atoms with van der Waals surface area (Å²) in [7, 11) is 0. The van der Waals surface area contributed by atoms with E-state index in [1.165, 1.54) is 27.6 Å². The molecule has 27 heavy (non-hydrogen) atoms. The monoisotopic (exact) mass is 431 g/mol. The Hall–Kier alpha value is -2.14. The third-order valence-corrected chi connectivity index (χ3v) is 7.39. The largest absolute Gasteiger partial charge is 0.300 e. The van der Waals surface area contributed by atoms with E-state index in [0.29, 0.717) is 5.13 Å². The average Bonchev–Trinajstić information content (AvgIpc) is 3.43. The molecule has 10 heteroatoms. The first-order valence-corrected chi connectivity index (χ1v) is 11.5. The van der Waals surface area contributed by atoms with Gasteiger partial charge >= 0.3 is 0 Å². The van der Waals surface area contributed by atoms with Crippen molar-refractivity contribution in [3.8, 4) is 10.6 Å². The van der Waals surface area contributed by atoms with Crippen molar-refractivity contribution >= 4 is 56.8 Å². The minimum absolute atomic E-state index is 0.149. The Morgan fingerprint density at radius 2 is 2.15 bits per heavy atom. The van der Waals surface area contributed by atoms with Crippen molar-refractivity contribution in [3.05, 3.63) is 58.0 Å². The first-order chi connectivity index (χ1) is 13.3. The second-order valence-electron chi connectivity index (χ2n) is 5.35. The molecular formula is C17H13N5OS4. The number of thiazole rings is 1. The van der Waals surface area contributed by atoms with Crippen LogP contribution in [0.3, 0.4) is 0 Å². The Kier molecular flexibility index (Phi) is 5.87. The normalized spacial score (nSPS) is 10.8. The zero-order chi connectivity index (χ0) is 18.5. The summed E-state index contributed by atoms with van der Waals surface area (Å²) in [5.41, 5.74) is 1.68. The van der Waals surface area contributed by atoms with Crippen LogP contribution in [-0.2, 0) is 17.0 Å². The van der Waals surface area contributed by atoms with Crippen LogP contribution in [0, 0.1) is 0 Å². The highest BCUT2D eigenvalue weighted by molar-refractivity contribution is 8.00. The maximum atomic E-state index is 12.3. The maximum Gasteiger partial charge on any atom is 0.232 e. The molecule has 0 aliphatic carbocycles. The quantitative estimate of drug-likeness (QED) is 0.340. The van der Waals surface area contributed by atoms with Crippen molar-refractivity contribution in [1.29, 1.82) is 0 Å². The lowest BCUT2D eigenvalue weighted by molar-refractivity contribution is -0.115. The molecular weight excluding hydrogens is 418 g/mol. The smallest absolute Gasteiger partial charge is 0.232 e. The van der Waals surface area contributed by atoms with Gasteiger partial charge in [0.15, 0.2) is 4.34 Å². The van der Waals surface area contributed by atoms with Crippen molar-refractivity contribution < 1.29 is 4.79 Å². The summed E-state index contributed by atoms with van der Waals surface area (Å²) >= 11 is 6.22. The molecule has 136 valence electrons. The lowest BCUT2D eigenvalue weighted by Crippen LogP contribution is -2.14. The summed E-state index contributed by atoms with van der Waals surface area (Å²) < 4.78 is 0.839. The zero-order valence-electron chi connectivity index (χ0n) is 13.9. The minimum atomic E-state index is -0.149. The predicted molar refractivity (Wildman–Crippen MR) is 111 cm³/mol. The Labute approximate surface area is 171 Å². The molecule has 0 spiro atoms. The number of aromatic nitrogens is 4. The van der Waals surface area contributed by atoms with Gasteiger partial charge in [0.1, 0.15) is 5.01 Å². The predicted octanol–water partition coefficient (Wildman–Crippen LogP) is 4.59. The molecule has 0 aliphatic heterocycles. The van der Waals surface area contributed by atoms with Gasteiger partial charge in [-0.2, -0.15) is 0 Å². The molecule has 0 saturated heterocycles. The van der Waals surface area contributed by atoms with Crippen LogP contribution in [0.1, 0.15) is 10.6 Å². The fourth-order valence-electron chi connectivity index (χ4n) is 2.18. The van der Waals surface area contributed by atoms with Crippen LogP contribution >= 0.6 is 45.8 Å². The molecule has 0 aliphatic rings. The molecule has 4 aromatic heterocycles. The van der Waals surface area contributed by atoms with E-state index in [2.05, 4.69) is 36.9 Å². The molecule has 0 unspecified atom stereocenters. The van der Waals surface area contributed by atoms with Gasteiger partial charge < -0.3 is 5.32 Å². The number of pyridine rings is 1. The van der Waals surface area contributed by atoms with Crippen LogP contribution in [0.5, 0.6) is 0 Å². The van der Waals surface area contributed by atoms with Crippen molar-refractivity contribution in [2.45, 2.75) is 16.5 Å². The van der Waals surface area contributed by atoms with Gasteiger partial charge in [-0.25, -0.2) is 4.98 Å². The van der Waals surface area contributed by atoms with E-state index in [4.69, 9.17) is 0 Å². The fraction of sp³-hybridized carbons (Fsp3) is 0.118. The van der Waals surface area contributed by atoms with Crippen molar-refractivity contribution in [2.24, 2.45) is 0 Å². The van der Waals surface area contributed by atoms with Crippen molar-refractivity contribution in [1.82, 2.24) is 20.2 Å².